The first kappa shape index (κ1) is 20.5. The van der Waals surface area contributed by atoms with Crippen LogP contribution in [0.2, 0.25) is 0 Å². The molecule has 0 unspecified atom stereocenters. The van der Waals surface area contributed by atoms with Gasteiger partial charge in [-0.15, -0.1) is 6.42 Å². The number of epoxide rings is 1. The van der Waals surface area contributed by atoms with E-state index >= 15 is 4.39 Å². The van der Waals surface area contributed by atoms with Gasteiger partial charge in [0.1, 0.15) is 11.5 Å². The van der Waals surface area contributed by atoms with E-state index in [1.54, 1.807) is 6.07 Å². The molecule has 1 fully saturated rings. The third-order valence-electron chi connectivity index (χ3n) is 4.67. The fraction of sp³-hybridized carbons (Fsp3) is 0.250. The number of carbonyl (C=O) groups excluding carboxylic acids is 1. The van der Waals surface area contributed by atoms with Gasteiger partial charge in [-0.1, -0.05) is 26.5 Å². The third kappa shape index (κ3) is 3.98. The normalized spacial score (nSPS) is 14.7. The Bertz CT molecular complexity index is 1140. The van der Waals surface area contributed by atoms with Gasteiger partial charge in [0.2, 0.25) is 5.78 Å². The molecular weight excluding hydrogens is 367 g/mol. The number of hydrogen-bond acceptors (Lipinski definition) is 3. The van der Waals surface area contributed by atoms with E-state index in [1.807, 2.05) is 49.4 Å². The zero-order valence-electron chi connectivity index (χ0n) is 16.8. The fourth-order valence-corrected chi connectivity index (χ4v) is 3.25. The number of hydrogen-bond donors (Lipinski definition) is 0. The van der Waals surface area contributed by atoms with Crippen molar-refractivity contribution in [2.75, 3.05) is 6.61 Å². The summed E-state index contributed by atoms with van der Waals surface area (Å²) in [7, 11) is 0. The maximum atomic E-state index is 15.1. The molecule has 1 aromatic carbocycles. The summed E-state index contributed by atoms with van der Waals surface area (Å²) in [4.78, 5) is 16.5. The highest BCUT2D eigenvalue weighted by Gasteiger charge is 2.28. The summed E-state index contributed by atoms with van der Waals surface area (Å²) in [5.41, 5.74) is 4.11. The highest BCUT2D eigenvalue weighted by atomic mass is 19.1. The molecule has 0 aliphatic carbocycles. The number of terminal acetylenes is 1. The van der Waals surface area contributed by atoms with E-state index < -0.39 is 11.6 Å². The molecule has 4 rings (SSSR count). The molecule has 29 heavy (non-hydrogen) atoms. The Kier molecular flexibility index (Phi) is 5.95. The molecule has 0 bridgehead atoms. The first-order valence-corrected chi connectivity index (χ1v) is 9.58. The quantitative estimate of drug-likeness (QED) is 0.262. The average molecular weight is 392 g/mol. The number of imidazole rings is 1. The lowest BCUT2D eigenvalue weighted by Gasteiger charge is -2.10. The van der Waals surface area contributed by atoms with Crippen molar-refractivity contribution < 1.29 is 15.3 Å². The number of carbonyl (C=O) groups is 1. The van der Waals surface area contributed by atoms with Gasteiger partial charge < -0.3 is 9.14 Å². The monoisotopic (exact) mass is 392 g/mol. The Hall–Kier alpha value is -3.23. The summed E-state index contributed by atoms with van der Waals surface area (Å²) in [5, 5.41) is 0. The van der Waals surface area contributed by atoms with E-state index in [2.05, 4.69) is 11.6 Å². The van der Waals surface area contributed by atoms with E-state index in [0.29, 0.717) is 29.8 Å². The van der Waals surface area contributed by atoms with Gasteiger partial charge in [-0.05, 0) is 48.2 Å². The highest BCUT2D eigenvalue weighted by Crippen LogP contribution is 2.34. The second kappa shape index (κ2) is 8.42. The molecular formula is C24H25FN2O2. The first-order chi connectivity index (χ1) is 14.0. The van der Waals surface area contributed by atoms with Crippen molar-refractivity contribution in [3.63, 3.8) is 0 Å². The van der Waals surface area contributed by atoms with Crippen molar-refractivity contribution in [2.45, 2.75) is 33.3 Å². The predicted molar refractivity (Wildman–Crippen MR) is 115 cm³/mol. The van der Waals surface area contributed by atoms with Crippen LogP contribution in [0.4, 0.5) is 4.39 Å². The zero-order chi connectivity index (χ0) is 21.1. The maximum absolute atomic E-state index is 15.1. The molecule has 0 amide bonds. The number of ether oxygens (including phenoxy) is 1. The molecule has 0 saturated carbocycles. The number of rotatable bonds is 5. The lowest BCUT2D eigenvalue weighted by atomic mass is 9.97. The van der Waals surface area contributed by atoms with Gasteiger partial charge in [-0.2, -0.15) is 0 Å². The van der Waals surface area contributed by atoms with Gasteiger partial charge in [-0.3, -0.25) is 4.79 Å². The largest absolute Gasteiger partial charge is 0.373 e. The van der Waals surface area contributed by atoms with Crippen LogP contribution >= 0.6 is 0 Å². The maximum Gasteiger partial charge on any atom is 0.235 e. The van der Waals surface area contributed by atoms with Gasteiger partial charge in [0.25, 0.3) is 0 Å². The van der Waals surface area contributed by atoms with Crippen LogP contribution < -0.4 is 0 Å². The Labute approximate surface area is 171 Å². The summed E-state index contributed by atoms with van der Waals surface area (Å²) in [6, 6.07) is 6.65. The Balaban J connectivity index is 0.00000104. The smallest absolute Gasteiger partial charge is 0.235 e. The van der Waals surface area contributed by atoms with E-state index in [-0.39, 0.29) is 13.1 Å². The van der Waals surface area contributed by atoms with Crippen LogP contribution in [0, 0.1) is 25.1 Å². The number of Topliss-reactive ketones (excluding diaryl/α,β-unsaturated/α-hetero) is 1. The molecule has 0 spiro atoms. The van der Waals surface area contributed by atoms with E-state index in [4.69, 9.17) is 11.2 Å². The van der Waals surface area contributed by atoms with Crippen LogP contribution in [0.3, 0.4) is 0 Å². The van der Waals surface area contributed by atoms with Crippen LogP contribution in [0.1, 0.15) is 42.5 Å². The minimum atomic E-state index is -0.569. The van der Waals surface area contributed by atoms with E-state index in [0.717, 1.165) is 23.0 Å². The Morgan fingerprint density at radius 3 is 2.83 bits per heavy atom. The molecule has 0 N–H and O–H groups in total. The van der Waals surface area contributed by atoms with Gasteiger partial charge in [0.15, 0.2) is 0 Å². The standard InChI is InChI=1S/C22H17FN2O2.C2H6.H2/c1-4-14-9-15(19(26)5-2)10-17(23)21(14)22-18(11-16-12-27-16)25-7-6-13(3)8-20(25)24-22;1-2;/h2,4,6-10,16H,1,11-12H2,3H3;1-2H3;1H/t16-;;/m0../s1. The lowest BCUT2D eigenvalue weighted by molar-refractivity contribution is 0.105. The molecule has 3 aromatic rings. The summed E-state index contributed by atoms with van der Waals surface area (Å²) in [6.07, 6.45) is 9.35. The minimum Gasteiger partial charge on any atom is -0.373 e. The number of nitrogens with zero attached hydrogens (tertiary/aromatic N) is 2. The van der Waals surface area contributed by atoms with Crippen molar-refractivity contribution in [1.82, 2.24) is 9.38 Å². The van der Waals surface area contributed by atoms with E-state index in [1.165, 1.54) is 6.08 Å². The van der Waals surface area contributed by atoms with Gasteiger partial charge in [-0.25, -0.2) is 9.37 Å². The van der Waals surface area contributed by atoms with Gasteiger partial charge in [0.05, 0.1) is 24.1 Å². The van der Waals surface area contributed by atoms with Crippen molar-refractivity contribution in [1.29, 1.82) is 0 Å². The number of aryl methyl sites for hydroxylation is 1. The molecule has 1 saturated heterocycles. The van der Waals surface area contributed by atoms with Crippen molar-refractivity contribution in [3.05, 3.63) is 65.2 Å². The Morgan fingerprint density at radius 1 is 1.48 bits per heavy atom. The summed E-state index contributed by atoms with van der Waals surface area (Å²) < 4.78 is 22.4. The molecule has 3 heterocycles. The number of aromatic nitrogens is 2. The van der Waals surface area contributed by atoms with Crippen LogP contribution in [-0.2, 0) is 11.2 Å². The number of pyridine rings is 1. The second-order valence-electron chi connectivity index (χ2n) is 6.60. The molecule has 0 radical (unpaired) electrons. The van der Waals surface area contributed by atoms with Crippen LogP contribution in [0.25, 0.3) is 23.0 Å². The highest BCUT2D eigenvalue weighted by molar-refractivity contribution is 6.09. The van der Waals surface area contributed by atoms with Gasteiger partial charge in [0, 0.05) is 25.2 Å². The lowest BCUT2D eigenvalue weighted by Crippen LogP contribution is -2.03. The topological polar surface area (TPSA) is 46.9 Å². The van der Waals surface area contributed by atoms with Crippen LogP contribution in [-0.4, -0.2) is 27.9 Å². The molecule has 1 aliphatic heterocycles. The summed E-state index contributed by atoms with van der Waals surface area (Å²) >= 11 is 0. The molecule has 1 aliphatic rings. The van der Waals surface area contributed by atoms with Crippen molar-refractivity contribution in [3.8, 4) is 23.6 Å². The van der Waals surface area contributed by atoms with Crippen LogP contribution in [0.15, 0.2) is 37.0 Å². The minimum absolute atomic E-state index is 0. The summed E-state index contributed by atoms with van der Waals surface area (Å²) in [6.45, 7) is 10.4. The predicted octanol–water partition coefficient (Wildman–Crippen LogP) is 5.12. The average Bonchev–Trinajstić information content (AvgIpc) is 3.49. The molecule has 1 atom stereocenters. The first-order valence-electron chi connectivity index (χ1n) is 9.58. The fourth-order valence-electron chi connectivity index (χ4n) is 3.25. The molecule has 150 valence electrons. The van der Waals surface area contributed by atoms with E-state index in [9.17, 15) is 4.79 Å². The number of ketones is 1. The summed E-state index contributed by atoms with van der Waals surface area (Å²) in [5.74, 6) is 0.896. The third-order valence-corrected chi connectivity index (χ3v) is 4.67. The molecule has 5 heteroatoms. The van der Waals surface area contributed by atoms with Crippen molar-refractivity contribution in [2.24, 2.45) is 0 Å². The number of fused-ring (bicyclic) bond motifs is 1. The number of halogens is 1. The molecule has 2 aromatic heterocycles. The van der Waals surface area contributed by atoms with Crippen LogP contribution in [0.5, 0.6) is 0 Å². The van der Waals surface area contributed by atoms with Crippen molar-refractivity contribution >= 4 is 17.5 Å². The molecule has 4 nitrogen and oxygen atoms in total. The van der Waals surface area contributed by atoms with Gasteiger partial charge >= 0.3 is 0 Å². The Morgan fingerprint density at radius 2 is 2.21 bits per heavy atom. The number of benzene rings is 1. The SMILES string of the molecule is C#CC(=O)c1cc(F)c(-c2nc3cc(C)ccn3c2C[C@H]2CO2)c(C=C)c1.CC.[HH]. The second-order valence-corrected chi connectivity index (χ2v) is 6.60. The zero-order valence-corrected chi connectivity index (χ0v) is 16.8.